The fraction of sp³-hybridized carbons (Fsp3) is 0.0566. The second-order valence-corrected chi connectivity index (χ2v) is 29.1. The van der Waals surface area contributed by atoms with E-state index in [1.807, 2.05) is 182 Å². The molecule has 0 N–H and O–H groups in total. The van der Waals surface area contributed by atoms with Gasteiger partial charge in [-0.05, 0) is 186 Å². The third-order valence-corrected chi connectivity index (χ3v) is 20.3. The second-order valence-electron chi connectivity index (χ2n) is 29.1. The van der Waals surface area contributed by atoms with Crippen molar-refractivity contribution in [1.29, 1.82) is 0 Å². The Balaban J connectivity index is 0.000000146. The first-order valence-electron chi connectivity index (χ1n) is 40.2. The molecule has 0 saturated carbocycles. The average Bonchev–Trinajstić information content (AvgIpc) is 1.42. The number of pyridine rings is 6. The Labute approximate surface area is 801 Å². The standard InChI is InChI=1S/2C29H26N4.3C16H11N2.2BrH.ClH.3Pt/c2*1-3-7-28-17-24(9-11-26(28)5-1)19-30-13-15-32(21-30)23-33-16-14-31(22-33)20-25-10-12-27-6-2-4-8-29(27)18-25;3*1-2-7-13(8-3-1)14-10-6-11-16(18-14)15-9-4-5-12-17-15;;;;;;/h2*1-18,21-22H,19-20,23H2;3*1-7,9-12H;3*1H;;;/q-2;+2;3*-1;;;;3*+2/p-3. The molecule has 2 aliphatic rings. The van der Waals surface area contributed by atoms with Gasteiger partial charge in [0, 0.05) is 38.3 Å². The molecule has 21 rings (SSSR count). The van der Waals surface area contributed by atoms with Crippen LogP contribution in [0.5, 0.6) is 0 Å². The summed E-state index contributed by atoms with van der Waals surface area (Å²) in [6.07, 6.45) is 26.8. The molecule has 8 aromatic heterocycles. The van der Waals surface area contributed by atoms with E-state index < -0.39 is 0 Å². The van der Waals surface area contributed by atoms with Crippen LogP contribution in [0.15, 0.2) is 433 Å². The van der Waals surface area contributed by atoms with Crippen molar-refractivity contribution in [2.75, 3.05) is 6.67 Å². The zero-order valence-corrected chi connectivity index (χ0v) is 79.0. The van der Waals surface area contributed by atoms with Crippen LogP contribution in [0.2, 0.25) is 0 Å². The van der Waals surface area contributed by atoms with E-state index in [4.69, 9.17) is 0 Å². The Bertz CT molecular complexity index is 5980. The Morgan fingerprint density at radius 3 is 0.865 bits per heavy atom. The topological polar surface area (TPSA) is 108 Å². The van der Waals surface area contributed by atoms with Gasteiger partial charge >= 0.3 is 70.3 Å². The van der Waals surface area contributed by atoms with Crippen LogP contribution < -0.4 is 43.1 Å². The summed E-state index contributed by atoms with van der Waals surface area (Å²) in [5, 5.41) is 10.3. The Morgan fingerprint density at radius 2 is 0.563 bits per heavy atom. The molecule has 2 aliphatic heterocycles. The van der Waals surface area contributed by atoms with E-state index in [-0.39, 0.29) is 76.1 Å². The Morgan fingerprint density at radius 1 is 0.286 bits per heavy atom. The van der Waals surface area contributed by atoms with Gasteiger partial charge in [0.15, 0.2) is 0 Å². The van der Waals surface area contributed by atoms with Gasteiger partial charge in [-0.3, -0.25) is 29.9 Å². The number of imidazole rings is 2. The van der Waals surface area contributed by atoms with Gasteiger partial charge in [-0.2, -0.15) is 22.5 Å². The van der Waals surface area contributed by atoms with Crippen LogP contribution in [0.1, 0.15) is 22.3 Å². The molecule has 14 nitrogen and oxygen atoms in total. The predicted molar refractivity (Wildman–Crippen MR) is 486 cm³/mol. The molecule has 0 aliphatic carbocycles. The zero-order chi connectivity index (χ0) is 82.7. The van der Waals surface area contributed by atoms with Gasteiger partial charge in [-0.15, -0.1) is 108 Å². The number of fused-ring (bicyclic) bond motifs is 4. The van der Waals surface area contributed by atoms with Crippen LogP contribution in [0.3, 0.4) is 0 Å². The predicted octanol–water partition coefficient (Wildman–Crippen LogP) is 16.4. The summed E-state index contributed by atoms with van der Waals surface area (Å²) >= 11 is 1.61. The molecule has 0 fully saturated rings. The molecule has 126 heavy (non-hydrogen) atoms. The van der Waals surface area contributed by atoms with E-state index in [1.54, 1.807) is 37.4 Å². The molecule has 0 bridgehead atoms. The summed E-state index contributed by atoms with van der Waals surface area (Å²) in [5.74, 6) is 0. The first-order chi connectivity index (χ1) is 60.4. The Hall–Kier alpha value is -12.2. The molecule has 630 valence electrons. The minimum Gasteiger partial charge on any atom is -0.295 e. The van der Waals surface area contributed by atoms with Crippen molar-refractivity contribution in [2.45, 2.75) is 32.8 Å². The summed E-state index contributed by atoms with van der Waals surface area (Å²) in [6.45, 7) is 9.38. The molecule has 0 atom stereocenters. The number of aromatic nitrogens is 10. The second kappa shape index (κ2) is 47.8. The van der Waals surface area contributed by atoms with Crippen molar-refractivity contribution >= 4 is 52.5 Å². The Kier molecular flexibility index (Phi) is 35.2. The molecule has 0 unspecified atom stereocenters. The molecule has 0 amide bonds. The van der Waals surface area contributed by atoms with E-state index in [0.29, 0.717) is 0 Å². The number of rotatable bonds is 18. The number of hydrogen-bond acceptors (Lipinski definition) is 10. The molecule has 19 aromatic rings. The number of nitrogens with zero attached hydrogens (tertiary/aromatic N) is 14. The van der Waals surface area contributed by atoms with Crippen molar-refractivity contribution < 1.29 is 104 Å². The van der Waals surface area contributed by atoms with Crippen LogP contribution in [-0.2, 0) is 93.8 Å². The fourth-order valence-corrected chi connectivity index (χ4v) is 14.4. The zero-order valence-electron chi connectivity index (χ0n) is 68.2. The summed E-state index contributed by atoms with van der Waals surface area (Å²) in [5.41, 5.74) is 16.3. The molecule has 0 saturated heterocycles. The van der Waals surface area contributed by atoms with Gasteiger partial charge in [0.05, 0.1) is 34.2 Å². The quantitative estimate of drug-likeness (QED) is 0.0609. The largest absolute Gasteiger partial charge is 2.00 e. The average molecular weight is 2340 g/mol. The van der Waals surface area contributed by atoms with Crippen LogP contribution in [0.4, 0.5) is 0 Å². The normalized spacial score (nSPS) is 11.5. The SMILES string of the molecule is C1=CN(CN2C=CN(Cc3ccc4ccccc4c3)[CH-]2)[CH-]N1Cc1ccc2ccccc2c1.[Br-].[Br-].[Cl][Pt+].[Pt+2].[Pt+2].[c-]1ccccc1-c1cccc(-c2ccccn2)n1.[c-]1ccccc1-c1cccc(-c2ccccn2)n1.[c-]1ccccc1-c1cccc(-c2ccccn2)n1.c1ccc2cc(Cn3cc[n+](C[n+]4ccn(Cc5ccc6ccccc6c5)c4)c3)ccc2c1. The van der Waals surface area contributed by atoms with E-state index in [9.17, 15) is 0 Å². The van der Waals surface area contributed by atoms with Crippen molar-refractivity contribution in [3.63, 3.8) is 0 Å². The number of benzene rings is 11. The third kappa shape index (κ3) is 26.0. The molecule has 0 radical (unpaired) electrons. The van der Waals surface area contributed by atoms with Gasteiger partial charge in [0.25, 0.3) is 0 Å². The van der Waals surface area contributed by atoms with Crippen LogP contribution in [0.25, 0.3) is 111 Å². The van der Waals surface area contributed by atoms with Gasteiger partial charge in [-0.1, -0.05) is 200 Å². The minimum absolute atomic E-state index is 0. The monoisotopic (exact) mass is 2330 g/mol. The maximum atomic E-state index is 4.62. The first kappa shape index (κ1) is 92.9. The van der Waals surface area contributed by atoms with Gasteiger partial charge < -0.3 is 53.6 Å². The summed E-state index contributed by atoms with van der Waals surface area (Å²) in [6, 6.07) is 129. The molecule has 20 heteroatoms. The van der Waals surface area contributed by atoms with Gasteiger partial charge in [-0.25, -0.2) is 9.13 Å². The minimum atomic E-state index is 0. The number of halogens is 3. The summed E-state index contributed by atoms with van der Waals surface area (Å²) in [4.78, 5) is 35.7. The van der Waals surface area contributed by atoms with Crippen molar-refractivity contribution in [3.05, 3.63) is 486 Å². The van der Waals surface area contributed by atoms with E-state index in [1.165, 1.54) is 65.3 Å². The van der Waals surface area contributed by atoms with Gasteiger partial charge in [0.1, 0.15) is 37.9 Å². The summed E-state index contributed by atoms with van der Waals surface area (Å²) < 4.78 is 8.89. The first-order valence-corrected chi connectivity index (χ1v) is 43.0. The fourth-order valence-electron chi connectivity index (χ4n) is 14.4. The number of hydrogen-bond donors (Lipinski definition) is 0. The maximum absolute atomic E-state index is 4.62. The molecule has 0 spiro atoms. The van der Waals surface area contributed by atoms with Gasteiger partial charge in [0.2, 0.25) is 19.3 Å². The van der Waals surface area contributed by atoms with E-state index >= 15 is 0 Å². The van der Waals surface area contributed by atoms with Crippen molar-refractivity contribution in [1.82, 2.24) is 58.6 Å². The van der Waals surface area contributed by atoms with E-state index in [2.05, 4.69) is 341 Å². The smallest absolute Gasteiger partial charge is 0.295 e. The molecular formula is C106H85Br2ClN14Pt3. The maximum Gasteiger partial charge on any atom is 2.00 e. The molecule has 10 heterocycles. The van der Waals surface area contributed by atoms with Crippen molar-refractivity contribution in [2.24, 2.45) is 0 Å². The van der Waals surface area contributed by atoms with Crippen LogP contribution in [0, 0.1) is 31.5 Å². The van der Waals surface area contributed by atoms with E-state index in [0.717, 1.165) is 107 Å². The van der Waals surface area contributed by atoms with Crippen LogP contribution in [-0.4, -0.2) is 65.3 Å². The van der Waals surface area contributed by atoms with Crippen molar-refractivity contribution in [3.8, 4) is 67.9 Å². The summed E-state index contributed by atoms with van der Waals surface area (Å²) in [7, 11) is 4.61. The molecule has 11 aromatic carbocycles. The van der Waals surface area contributed by atoms with Crippen LogP contribution >= 0.6 is 9.42 Å². The third-order valence-electron chi connectivity index (χ3n) is 20.3. The molecular weight excluding hydrogens is 2250 g/mol.